The Labute approximate surface area is 95.7 Å². The predicted octanol–water partition coefficient (Wildman–Crippen LogP) is -1.39. The van der Waals surface area contributed by atoms with Gasteiger partial charge in [-0.2, -0.15) is 0 Å². The summed E-state index contributed by atoms with van der Waals surface area (Å²) in [5, 5.41) is 0. The van der Waals surface area contributed by atoms with Crippen molar-refractivity contribution < 1.29 is 17.9 Å². The monoisotopic (exact) mass is 250 g/mol. The van der Waals surface area contributed by atoms with E-state index in [1.165, 1.54) is 0 Å². The Bertz CT molecular complexity index is 335. The molecule has 1 amide bonds. The molecule has 1 aliphatic rings. The predicted molar refractivity (Wildman–Crippen MR) is 59.7 cm³/mol. The van der Waals surface area contributed by atoms with Gasteiger partial charge in [-0.25, -0.2) is 8.42 Å². The number of hydrogen-bond donors (Lipinski definition) is 1. The fourth-order valence-electron chi connectivity index (χ4n) is 1.48. The smallest absolute Gasteiger partial charge is 0.239 e. The largest absolute Gasteiger partial charge is 0.378 e. The molecule has 0 aromatic carbocycles. The third-order valence-corrected chi connectivity index (χ3v) is 3.42. The zero-order valence-corrected chi connectivity index (χ0v) is 10.2. The van der Waals surface area contributed by atoms with E-state index < -0.39 is 15.9 Å². The van der Waals surface area contributed by atoms with Crippen molar-refractivity contribution >= 4 is 15.7 Å². The Kier molecular flexibility index (Phi) is 4.69. The molecule has 2 N–H and O–H groups in total. The van der Waals surface area contributed by atoms with Gasteiger partial charge in [0.05, 0.1) is 25.0 Å². The number of ether oxygens (including phenoxy) is 1. The molecule has 0 spiro atoms. The standard InChI is InChI=1S/C9H18N2O4S/c1-16(13,14)7-2-8(10)9(12)11-3-5-15-6-4-11/h8H,2-7,10H2,1H3/t8-/m0/s1. The highest BCUT2D eigenvalue weighted by atomic mass is 32.2. The topological polar surface area (TPSA) is 89.7 Å². The summed E-state index contributed by atoms with van der Waals surface area (Å²) in [5.74, 6) is -0.239. The molecule has 0 saturated carbocycles. The zero-order chi connectivity index (χ0) is 12.2. The number of carbonyl (C=O) groups is 1. The Morgan fingerprint density at radius 2 is 2.00 bits per heavy atom. The number of rotatable bonds is 4. The normalized spacial score (nSPS) is 19.5. The van der Waals surface area contributed by atoms with Crippen LogP contribution in [0.4, 0.5) is 0 Å². The Morgan fingerprint density at radius 3 is 2.50 bits per heavy atom. The number of nitrogens with two attached hydrogens (primary N) is 1. The van der Waals surface area contributed by atoms with E-state index in [9.17, 15) is 13.2 Å². The van der Waals surface area contributed by atoms with Crippen LogP contribution < -0.4 is 5.73 Å². The molecule has 94 valence electrons. The molecule has 1 rings (SSSR count). The lowest BCUT2D eigenvalue weighted by Crippen LogP contribution is -2.49. The molecule has 0 aromatic heterocycles. The van der Waals surface area contributed by atoms with Crippen LogP contribution in [0.2, 0.25) is 0 Å². The van der Waals surface area contributed by atoms with Gasteiger partial charge in [-0.15, -0.1) is 0 Å². The lowest BCUT2D eigenvalue weighted by atomic mass is 10.2. The molecule has 1 saturated heterocycles. The Morgan fingerprint density at radius 1 is 1.44 bits per heavy atom. The van der Waals surface area contributed by atoms with Crippen molar-refractivity contribution in [1.29, 1.82) is 0 Å². The maximum atomic E-state index is 11.8. The quantitative estimate of drug-likeness (QED) is 0.663. The number of nitrogens with zero attached hydrogens (tertiary/aromatic N) is 1. The van der Waals surface area contributed by atoms with E-state index in [0.29, 0.717) is 26.3 Å². The first kappa shape index (κ1) is 13.4. The van der Waals surface area contributed by atoms with Crippen LogP contribution in [0.25, 0.3) is 0 Å². The molecule has 1 aliphatic heterocycles. The van der Waals surface area contributed by atoms with Gasteiger partial charge in [0.1, 0.15) is 9.84 Å². The van der Waals surface area contributed by atoms with E-state index in [0.717, 1.165) is 6.26 Å². The van der Waals surface area contributed by atoms with E-state index in [1.54, 1.807) is 4.90 Å². The first-order chi connectivity index (χ1) is 7.40. The fourth-order valence-corrected chi connectivity index (χ4v) is 2.16. The van der Waals surface area contributed by atoms with Gasteiger partial charge in [0.25, 0.3) is 0 Å². The molecule has 0 aliphatic carbocycles. The van der Waals surface area contributed by atoms with Crippen molar-refractivity contribution in [2.75, 3.05) is 38.3 Å². The van der Waals surface area contributed by atoms with Crippen LogP contribution in [-0.2, 0) is 19.4 Å². The molecule has 1 atom stereocenters. The minimum absolute atomic E-state index is 0.0513. The summed E-state index contributed by atoms with van der Waals surface area (Å²) in [5.41, 5.74) is 5.66. The molecular weight excluding hydrogens is 232 g/mol. The lowest BCUT2D eigenvalue weighted by molar-refractivity contribution is -0.136. The van der Waals surface area contributed by atoms with Crippen LogP contribution in [0.15, 0.2) is 0 Å². The second kappa shape index (κ2) is 5.60. The number of carbonyl (C=O) groups excluding carboxylic acids is 1. The van der Waals surface area contributed by atoms with Crippen LogP contribution in [0.1, 0.15) is 6.42 Å². The summed E-state index contributed by atoms with van der Waals surface area (Å²) >= 11 is 0. The number of amides is 1. The third-order valence-electron chi connectivity index (χ3n) is 2.44. The summed E-state index contributed by atoms with van der Waals surface area (Å²) in [4.78, 5) is 13.4. The molecular formula is C9H18N2O4S. The first-order valence-corrected chi connectivity index (χ1v) is 7.26. The van der Waals surface area contributed by atoms with E-state index in [1.807, 2.05) is 0 Å². The molecule has 1 heterocycles. The second-order valence-corrected chi connectivity index (χ2v) is 6.22. The molecule has 1 fully saturated rings. The van der Waals surface area contributed by atoms with Crippen molar-refractivity contribution in [3.05, 3.63) is 0 Å². The van der Waals surface area contributed by atoms with E-state index in [4.69, 9.17) is 10.5 Å². The maximum Gasteiger partial charge on any atom is 0.239 e. The number of sulfone groups is 1. The summed E-state index contributed by atoms with van der Waals surface area (Å²) in [7, 11) is -3.06. The summed E-state index contributed by atoms with van der Waals surface area (Å²) in [6.45, 7) is 2.10. The lowest BCUT2D eigenvalue weighted by Gasteiger charge is -2.29. The zero-order valence-electron chi connectivity index (χ0n) is 9.39. The average molecular weight is 250 g/mol. The van der Waals surface area contributed by atoms with Crippen molar-refractivity contribution in [3.8, 4) is 0 Å². The van der Waals surface area contributed by atoms with Gasteiger partial charge >= 0.3 is 0 Å². The highest BCUT2D eigenvalue weighted by Gasteiger charge is 2.23. The van der Waals surface area contributed by atoms with Gasteiger partial charge < -0.3 is 15.4 Å². The fraction of sp³-hybridized carbons (Fsp3) is 0.889. The van der Waals surface area contributed by atoms with Gasteiger partial charge in [0, 0.05) is 19.3 Å². The minimum atomic E-state index is -3.06. The first-order valence-electron chi connectivity index (χ1n) is 5.20. The Hall–Kier alpha value is -0.660. The molecule has 16 heavy (non-hydrogen) atoms. The average Bonchev–Trinajstić information content (AvgIpc) is 2.25. The van der Waals surface area contributed by atoms with E-state index in [2.05, 4.69) is 0 Å². The molecule has 0 unspecified atom stereocenters. The van der Waals surface area contributed by atoms with Gasteiger partial charge in [0.2, 0.25) is 5.91 Å². The van der Waals surface area contributed by atoms with E-state index >= 15 is 0 Å². The molecule has 6 nitrogen and oxygen atoms in total. The van der Waals surface area contributed by atoms with Crippen molar-refractivity contribution in [3.63, 3.8) is 0 Å². The van der Waals surface area contributed by atoms with E-state index in [-0.39, 0.29) is 18.1 Å². The number of morpholine rings is 1. The van der Waals surface area contributed by atoms with Gasteiger partial charge in [-0.05, 0) is 6.42 Å². The second-order valence-electron chi connectivity index (χ2n) is 3.96. The maximum absolute atomic E-state index is 11.8. The summed E-state index contributed by atoms with van der Waals surface area (Å²) in [6.07, 6.45) is 1.31. The molecule has 7 heteroatoms. The highest BCUT2D eigenvalue weighted by Crippen LogP contribution is 2.03. The minimum Gasteiger partial charge on any atom is -0.378 e. The molecule has 0 aromatic rings. The van der Waals surface area contributed by atoms with Crippen LogP contribution in [-0.4, -0.2) is 63.6 Å². The van der Waals surface area contributed by atoms with Crippen molar-refractivity contribution in [1.82, 2.24) is 4.90 Å². The van der Waals surface area contributed by atoms with Gasteiger partial charge in [0.15, 0.2) is 0 Å². The van der Waals surface area contributed by atoms with Gasteiger partial charge in [-0.3, -0.25) is 4.79 Å². The van der Waals surface area contributed by atoms with Crippen LogP contribution >= 0.6 is 0 Å². The molecule has 0 radical (unpaired) electrons. The summed E-state index contributed by atoms with van der Waals surface area (Å²) in [6, 6.07) is -0.729. The van der Waals surface area contributed by atoms with Crippen LogP contribution in [0.5, 0.6) is 0 Å². The highest BCUT2D eigenvalue weighted by molar-refractivity contribution is 7.90. The Balaban J connectivity index is 2.40. The SMILES string of the molecule is CS(=O)(=O)CC[C@H](N)C(=O)N1CCOCC1. The van der Waals surface area contributed by atoms with Crippen LogP contribution in [0.3, 0.4) is 0 Å². The molecule has 0 bridgehead atoms. The number of hydrogen-bond acceptors (Lipinski definition) is 5. The van der Waals surface area contributed by atoms with Crippen molar-refractivity contribution in [2.45, 2.75) is 12.5 Å². The van der Waals surface area contributed by atoms with Crippen LogP contribution in [0, 0.1) is 0 Å². The van der Waals surface area contributed by atoms with Crippen molar-refractivity contribution in [2.24, 2.45) is 5.73 Å². The summed E-state index contributed by atoms with van der Waals surface area (Å²) < 4.78 is 27.0. The third kappa shape index (κ3) is 4.46. The van der Waals surface area contributed by atoms with Gasteiger partial charge in [-0.1, -0.05) is 0 Å².